The molecule has 1 aromatic carbocycles. The van der Waals surface area contributed by atoms with Crippen molar-refractivity contribution in [2.75, 3.05) is 24.1 Å². The molecule has 1 saturated heterocycles. The number of fused-ring (bicyclic) bond motifs is 1. The molecule has 14 nitrogen and oxygen atoms in total. The third-order valence-electron chi connectivity index (χ3n) is 8.38. The molecule has 3 N–H and O–H groups in total. The molecule has 14 heteroatoms. The smallest absolute Gasteiger partial charge is 0.234 e. The van der Waals surface area contributed by atoms with Gasteiger partial charge in [-0.15, -0.1) is 0 Å². The van der Waals surface area contributed by atoms with E-state index in [4.69, 9.17) is 21.0 Å². The Balaban J connectivity index is 1.04. The zero-order valence-corrected chi connectivity index (χ0v) is 24.9. The monoisotopic (exact) mass is 610 g/mol. The van der Waals surface area contributed by atoms with Gasteiger partial charge in [-0.3, -0.25) is 9.47 Å². The van der Waals surface area contributed by atoms with Gasteiger partial charge in [-0.1, -0.05) is 12.1 Å². The number of likely N-dealkylation sites (tertiary alicyclic amines) is 1. The van der Waals surface area contributed by atoms with Gasteiger partial charge in [-0.25, -0.2) is 29.9 Å². The molecule has 8 rings (SSSR count). The van der Waals surface area contributed by atoms with Crippen LogP contribution >= 0.6 is 0 Å². The largest absolute Gasteiger partial charge is 0.382 e. The Morgan fingerprint density at radius 3 is 2.48 bits per heavy atom. The number of nitriles is 1. The van der Waals surface area contributed by atoms with Gasteiger partial charge in [0.2, 0.25) is 5.82 Å². The highest BCUT2D eigenvalue weighted by Crippen LogP contribution is 2.34. The molecule has 6 heterocycles. The second-order valence-corrected chi connectivity index (χ2v) is 11.6. The molecule has 0 spiro atoms. The van der Waals surface area contributed by atoms with E-state index in [2.05, 4.69) is 64.6 Å². The van der Waals surface area contributed by atoms with Crippen molar-refractivity contribution in [1.29, 1.82) is 5.26 Å². The zero-order chi connectivity index (χ0) is 31.0. The summed E-state index contributed by atoms with van der Waals surface area (Å²) in [4.78, 5) is 31.1. The molecule has 2 aliphatic rings. The molecule has 1 aliphatic carbocycles. The van der Waals surface area contributed by atoms with Crippen molar-refractivity contribution in [1.82, 2.24) is 54.4 Å². The van der Waals surface area contributed by atoms with E-state index in [-0.39, 0.29) is 5.82 Å². The average molecular weight is 611 g/mol. The molecule has 5 aromatic heterocycles. The third kappa shape index (κ3) is 5.48. The van der Waals surface area contributed by atoms with Gasteiger partial charge in [-0.05, 0) is 61.6 Å². The molecule has 0 unspecified atom stereocenters. The van der Waals surface area contributed by atoms with Crippen LogP contribution in [0.2, 0.25) is 0 Å². The van der Waals surface area contributed by atoms with Crippen LogP contribution in [-0.4, -0.2) is 73.5 Å². The van der Waals surface area contributed by atoms with Crippen LogP contribution in [0.5, 0.6) is 0 Å². The summed E-state index contributed by atoms with van der Waals surface area (Å²) in [6.45, 7) is 2.75. The first-order chi connectivity index (χ1) is 22.6. The lowest BCUT2D eigenvalue weighted by Gasteiger charge is -2.32. The quantitative estimate of drug-likeness (QED) is 0.255. The minimum Gasteiger partial charge on any atom is -0.382 e. The normalized spacial score (nSPS) is 15.6. The first kappa shape index (κ1) is 27.7. The molecule has 1 saturated carbocycles. The van der Waals surface area contributed by atoms with E-state index in [0.717, 1.165) is 62.4 Å². The summed E-state index contributed by atoms with van der Waals surface area (Å²) >= 11 is 0. The maximum atomic E-state index is 9.08. The highest BCUT2D eigenvalue weighted by Gasteiger charge is 2.26. The lowest BCUT2D eigenvalue weighted by atomic mass is 10.0. The van der Waals surface area contributed by atoms with Gasteiger partial charge >= 0.3 is 0 Å². The molecule has 1 aliphatic heterocycles. The molecule has 46 heavy (non-hydrogen) atoms. The second kappa shape index (κ2) is 11.6. The summed E-state index contributed by atoms with van der Waals surface area (Å²) in [6.07, 6.45) is 10.7. The Morgan fingerprint density at radius 2 is 1.70 bits per heavy atom. The van der Waals surface area contributed by atoms with Crippen molar-refractivity contribution >= 4 is 22.8 Å². The predicted octanol–water partition coefficient (Wildman–Crippen LogP) is 3.79. The zero-order valence-electron chi connectivity index (χ0n) is 24.9. The second-order valence-electron chi connectivity index (χ2n) is 11.6. The highest BCUT2D eigenvalue weighted by atomic mass is 15.5. The number of nitrogen functional groups attached to an aromatic ring is 1. The molecule has 0 atom stereocenters. The van der Waals surface area contributed by atoms with Crippen molar-refractivity contribution in [2.24, 2.45) is 0 Å². The molecular formula is C32H30N14. The number of pyridine rings is 1. The summed E-state index contributed by atoms with van der Waals surface area (Å²) in [5.74, 6) is 1.74. The Kier molecular flexibility index (Phi) is 6.99. The van der Waals surface area contributed by atoms with Gasteiger partial charge in [0.1, 0.15) is 28.8 Å². The maximum absolute atomic E-state index is 9.08. The third-order valence-corrected chi connectivity index (χ3v) is 8.38. The Bertz CT molecular complexity index is 2060. The molecule has 0 amide bonds. The molecule has 0 bridgehead atoms. The average Bonchev–Trinajstić information content (AvgIpc) is 3.70. The number of anilines is 2. The highest BCUT2D eigenvalue weighted by molar-refractivity contribution is 5.83. The van der Waals surface area contributed by atoms with Crippen LogP contribution in [0.25, 0.3) is 39.8 Å². The number of aromatic nitrogens is 10. The van der Waals surface area contributed by atoms with Crippen LogP contribution in [0.15, 0.2) is 67.3 Å². The summed E-state index contributed by atoms with van der Waals surface area (Å²) in [5, 5.41) is 21.7. The van der Waals surface area contributed by atoms with Crippen LogP contribution in [0.4, 0.5) is 11.6 Å². The van der Waals surface area contributed by atoms with Gasteiger partial charge in [0.25, 0.3) is 0 Å². The summed E-state index contributed by atoms with van der Waals surface area (Å²) in [5.41, 5.74) is 11.7. The van der Waals surface area contributed by atoms with Gasteiger partial charge < -0.3 is 11.1 Å². The van der Waals surface area contributed by atoms with Crippen LogP contribution < -0.4 is 11.1 Å². The van der Waals surface area contributed by atoms with E-state index in [1.165, 1.54) is 5.56 Å². The molecular weight excluding hydrogens is 580 g/mol. The minimum atomic E-state index is 0.177. The lowest BCUT2D eigenvalue weighted by molar-refractivity contribution is 0.211. The fraction of sp³-hybridized carbons (Fsp3) is 0.281. The predicted molar refractivity (Wildman–Crippen MR) is 170 cm³/mol. The Hall–Kier alpha value is -5.81. The fourth-order valence-corrected chi connectivity index (χ4v) is 5.85. The van der Waals surface area contributed by atoms with Gasteiger partial charge in [0.15, 0.2) is 17.3 Å². The van der Waals surface area contributed by atoms with E-state index >= 15 is 0 Å². The molecule has 6 aromatic rings. The van der Waals surface area contributed by atoms with E-state index in [9.17, 15) is 0 Å². The minimum absolute atomic E-state index is 0.177. The van der Waals surface area contributed by atoms with Gasteiger partial charge in [0, 0.05) is 50.0 Å². The molecule has 2 fully saturated rings. The molecule has 0 radical (unpaired) electrons. The van der Waals surface area contributed by atoms with Crippen LogP contribution in [0.1, 0.15) is 43.1 Å². The van der Waals surface area contributed by atoms with Crippen molar-refractivity contribution < 1.29 is 0 Å². The van der Waals surface area contributed by atoms with E-state index in [1.54, 1.807) is 35.7 Å². The van der Waals surface area contributed by atoms with Crippen molar-refractivity contribution in [3.63, 3.8) is 0 Å². The van der Waals surface area contributed by atoms with Crippen LogP contribution in [0.3, 0.4) is 0 Å². The number of imidazole rings is 1. The van der Waals surface area contributed by atoms with Crippen molar-refractivity contribution in [2.45, 2.75) is 44.3 Å². The van der Waals surface area contributed by atoms with Gasteiger partial charge in [-0.2, -0.15) is 20.3 Å². The van der Waals surface area contributed by atoms with E-state index < -0.39 is 0 Å². The van der Waals surface area contributed by atoms with Crippen molar-refractivity contribution in [3.05, 3.63) is 78.6 Å². The number of hydrogen-bond donors (Lipinski definition) is 2. The van der Waals surface area contributed by atoms with Crippen LogP contribution in [-0.2, 0) is 6.54 Å². The number of piperidine rings is 1. The van der Waals surface area contributed by atoms with E-state index in [1.807, 2.05) is 22.8 Å². The first-order valence-corrected chi connectivity index (χ1v) is 15.3. The van der Waals surface area contributed by atoms with E-state index in [0.29, 0.717) is 46.4 Å². The Morgan fingerprint density at radius 1 is 0.870 bits per heavy atom. The number of hydrogen-bond acceptors (Lipinski definition) is 12. The number of benzene rings is 1. The summed E-state index contributed by atoms with van der Waals surface area (Å²) in [7, 11) is 0. The number of rotatable bonds is 8. The number of nitrogens with two attached hydrogens (primary N) is 1. The number of nitrogens with one attached hydrogen (secondary N) is 1. The first-order valence-electron chi connectivity index (χ1n) is 15.3. The van der Waals surface area contributed by atoms with Crippen molar-refractivity contribution in [3.8, 4) is 34.7 Å². The summed E-state index contributed by atoms with van der Waals surface area (Å²) in [6, 6.07) is 16.8. The standard InChI is InChI=1S/C32H30N14/c33-17-28-35-12-9-27(42-28)39-21-10-15-44(16-11-21)19-20-1-3-22(4-2-20)45-31-25(41-32(45)29-30(34)37-14-13-36-29)8-7-24(40-31)26-18-38-46(43-26)23-5-6-23/h1-4,7-9,12-14,18,21,23H,5-6,10-11,15-16,19H2,(H2,34,37)(H,35,39,42). The fourth-order valence-electron chi connectivity index (χ4n) is 5.85. The van der Waals surface area contributed by atoms with Crippen LogP contribution in [0, 0.1) is 11.3 Å². The summed E-state index contributed by atoms with van der Waals surface area (Å²) < 4.78 is 1.98. The SMILES string of the molecule is N#Cc1nccc(NC2CCN(Cc3ccc(-n4c(-c5nccnc5N)nc5ccc(-c6cnn(C7CC7)n6)nc54)cc3)CC2)n1. The molecule has 228 valence electrons. The maximum Gasteiger partial charge on any atom is 0.234 e. The topological polar surface area (TPSA) is 178 Å². The van der Waals surface area contributed by atoms with Gasteiger partial charge in [0.05, 0.1) is 17.9 Å². The Labute approximate surface area is 264 Å². The number of nitrogens with zero attached hydrogens (tertiary/aromatic N) is 12. The lowest BCUT2D eigenvalue weighted by Crippen LogP contribution is -2.38.